The van der Waals surface area contributed by atoms with E-state index in [9.17, 15) is 13.6 Å². The zero-order valence-corrected chi connectivity index (χ0v) is 15.9. The van der Waals surface area contributed by atoms with Crippen molar-refractivity contribution in [3.05, 3.63) is 78.1 Å². The summed E-state index contributed by atoms with van der Waals surface area (Å²) in [4.78, 5) is 16.2. The van der Waals surface area contributed by atoms with Crippen LogP contribution in [0.3, 0.4) is 0 Å². The molecule has 0 atom stereocenters. The molecule has 2 amide bonds. The number of hydrogen-bond acceptors (Lipinski definition) is 3. The summed E-state index contributed by atoms with van der Waals surface area (Å²) in [5.74, 6) is 0.103. The topological polar surface area (TPSA) is 63.2 Å². The Kier molecular flexibility index (Phi) is 6.73. The molecule has 5 nitrogen and oxygen atoms in total. The average Bonchev–Trinajstić information content (AvgIpc) is 2.68. The van der Waals surface area contributed by atoms with E-state index >= 15 is 0 Å². The molecule has 2 aromatic carbocycles. The third kappa shape index (κ3) is 6.27. The van der Waals surface area contributed by atoms with Crippen LogP contribution in [-0.4, -0.2) is 24.2 Å². The summed E-state index contributed by atoms with van der Waals surface area (Å²) in [6, 6.07) is 17.5. The van der Waals surface area contributed by atoms with E-state index in [4.69, 9.17) is 0 Å². The molecule has 0 saturated heterocycles. The molecule has 2 N–H and O–H groups in total. The number of aromatic nitrogens is 1. The number of ether oxygens (including phenoxy) is 1. The molecule has 0 unspecified atom stereocenters. The molecule has 0 aliphatic rings. The summed E-state index contributed by atoms with van der Waals surface area (Å²) in [7, 11) is 0. The number of pyridine rings is 1. The number of rotatable bonds is 7. The van der Waals surface area contributed by atoms with E-state index in [1.807, 2.05) is 43.3 Å². The summed E-state index contributed by atoms with van der Waals surface area (Å²) < 4.78 is 28.9. The highest BCUT2D eigenvalue weighted by Gasteiger charge is 2.06. The lowest BCUT2D eigenvalue weighted by molar-refractivity contribution is -0.0498. The maximum atomic E-state index is 12.3. The summed E-state index contributed by atoms with van der Waals surface area (Å²) in [6.07, 6.45) is 2.26. The minimum atomic E-state index is -2.86. The Morgan fingerprint density at radius 2 is 1.86 bits per heavy atom. The summed E-state index contributed by atoms with van der Waals surface area (Å²) >= 11 is 0. The zero-order valence-electron chi connectivity index (χ0n) is 15.9. The fourth-order valence-electron chi connectivity index (χ4n) is 2.84. The van der Waals surface area contributed by atoms with E-state index in [1.54, 1.807) is 18.3 Å². The van der Waals surface area contributed by atoms with E-state index in [0.29, 0.717) is 18.7 Å². The number of amides is 2. The molecule has 0 aliphatic heterocycles. The molecule has 0 aliphatic carbocycles. The van der Waals surface area contributed by atoms with E-state index in [2.05, 4.69) is 20.4 Å². The van der Waals surface area contributed by atoms with Gasteiger partial charge in [0.05, 0.1) is 0 Å². The van der Waals surface area contributed by atoms with Crippen molar-refractivity contribution in [3.63, 3.8) is 0 Å². The lowest BCUT2D eigenvalue weighted by Gasteiger charge is -2.10. The van der Waals surface area contributed by atoms with Crippen LogP contribution in [0.25, 0.3) is 11.1 Å². The fraction of sp³-hybridized carbons (Fsp3) is 0.182. The van der Waals surface area contributed by atoms with Crippen molar-refractivity contribution < 1.29 is 18.3 Å². The van der Waals surface area contributed by atoms with Gasteiger partial charge >= 0.3 is 12.6 Å². The number of halogens is 2. The fourth-order valence-corrected chi connectivity index (χ4v) is 2.84. The molecule has 1 aromatic heterocycles. The molecule has 29 heavy (non-hydrogen) atoms. The van der Waals surface area contributed by atoms with Crippen molar-refractivity contribution in [2.45, 2.75) is 20.0 Å². The van der Waals surface area contributed by atoms with Crippen LogP contribution in [-0.2, 0) is 6.42 Å². The van der Waals surface area contributed by atoms with Crippen LogP contribution >= 0.6 is 0 Å². The number of nitrogens with one attached hydrogen (secondary N) is 2. The maximum Gasteiger partial charge on any atom is 0.387 e. The first-order valence-corrected chi connectivity index (χ1v) is 9.11. The largest absolute Gasteiger partial charge is 0.435 e. The molecule has 1 heterocycles. The van der Waals surface area contributed by atoms with Crippen molar-refractivity contribution in [1.82, 2.24) is 10.3 Å². The number of alkyl halides is 2. The second-order valence-electron chi connectivity index (χ2n) is 6.42. The SMILES string of the molecule is Cc1cc(-c2ccc(NC(=O)NCCc3cccc(OC(F)F)c3)cc2)ccn1. The third-order valence-corrected chi connectivity index (χ3v) is 4.20. The van der Waals surface area contributed by atoms with Gasteiger partial charge in [-0.1, -0.05) is 24.3 Å². The van der Waals surface area contributed by atoms with Crippen LogP contribution < -0.4 is 15.4 Å². The average molecular weight is 397 g/mol. The highest BCUT2D eigenvalue weighted by molar-refractivity contribution is 5.89. The summed E-state index contributed by atoms with van der Waals surface area (Å²) in [5.41, 5.74) is 4.50. The van der Waals surface area contributed by atoms with Crippen molar-refractivity contribution in [2.75, 3.05) is 11.9 Å². The quantitative estimate of drug-likeness (QED) is 0.588. The number of hydrogen-bond donors (Lipinski definition) is 2. The first kappa shape index (κ1) is 20.3. The maximum absolute atomic E-state index is 12.3. The van der Waals surface area contributed by atoms with Crippen LogP contribution in [0.5, 0.6) is 5.75 Å². The minimum Gasteiger partial charge on any atom is -0.435 e. The predicted molar refractivity (Wildman–Crippen MR) is 108 cm³/mol. The highest BCUT2D eigenvalue weighted by Crippen LogP contribution is 2.21. The first-order valence-electron chi connectivity index (χ1n) is 9.11. The van der Waals surface area contributed by atoms with Crippen LogP contribution in [0.1, 0.15) is 11.3 Å². The third-order valence-electron chi connectivity index (χ3n) is 4.20. The predicted octanol–water partition coefficient (Wildman–Crippen LogP) is 5.02. The van der Waals surface area contributed by atoms with E-state index < -0.39 is 6.61 Å². The van der Waals surface area contributed by atoms with Crippen molar-refractivity contribution in [1.29, 1.82) is 0 Å². The van der Waals surface area contributed by atoms with Gasteiger partial charge in [-0.25, -0.2) is 4.79 Å². The monoisotopic (exact) mass is 397 g/mol. The minimum absolute atomic E-state index is 0.103. The number of nitrogens with zero attached hydrogens (tertiary/aromatic N) is 1. The summed E-state index contributed by atoms with van der Waals surface area (Å²) in [5, 5.41) is 5.52. The van der Waals surface area contributed by atoms with Gasteiger partial charge in [0, 0.05) is 24.1 Å². The van der Waals surface area contributed by atoms with Gasteiger partial charge in [-0.15, -0.1) is 0 Å². The lowest BCUT2D eigenvalue weighted by Crippen LogP contribution is -2.30. The van der Waals surface area contributed by atoms with Gasteiger partial charge in [-0.3, -0.25) is 4.98 Å². The molecule has 150 valence electrons. The number of urea groups is 1. The molecule has 0 saturated carbocycles. The van der Waals surface area contributed by atoms with Gasteiger partial charge in [-0.2, -0.15) is 8.78 Å². The number of carbonyl (C=O) groups is 1. The second-order valence-corrected chi connectivity index (χ2v) is 6.42. The Balaban J connectivity index is 1.48. The first-order chi connectivity index (χ1) is 14.0. The van der Waals surface area contributed by atoms with Crippen molar-refractivity contribution >= 4 is 11.7 Å². The Bertz CT molecular complexity index is 962. The van der Waals surface area contributed by atoms with Gasteiger partial charge in [0.25, 0.3) is 0 Å². The summed E-state index contributed by atoms with van der Waals surface area (Å²) in [6.45, 7) is -0.562. The number of carbonyl (C=O) groups excluding carboxylic acids is 1. The van der Waals surface area contributed by atoms with Crippen LogP contribution in [0.2, 0.25) is 0 Å². The standard InChI is InChI=1S/C22H21F2N3O2/c1-15-13-18(10-12-25-15)17-5-7-19(8-6-17)27-22(28)26-11-9-16-3-2-4-20(14-16)29-21(23)24/h2-8,10,12-14,21H,9,11H2,1H3,(H2,26,27,28). The van der Waals surface area contributed by atoms with E-state index in [1.165, 1.54) is 12.1 Å². The van der Waals surface area contributed by atoms with Gasteiger partial charge in [-0.05, 0) is 66.4 Å². The second kappa shape index (κ2) is 9.64. The van der Waals surface area contributed by atoms with Gasteiger partial charge < -0.3 is 15.4 Å². The van der Waals surface area contributed by atoms with Crippen LogP contribution in [0.15, 0.2) is 66.9 Å². The Hall–Kier alpha value is -3.48. The molecule has 7 heteroatoms. The van der Waals surface area contributed by atoms with Crippen molar-refractivity contribution in [3.8, 4) is 16.9 Å². The van der Waals surface area contributed by atoms with E-state index in [0.717, 1.165) is 22.4 Å². The van der Waals surface area contributed by atoms with Gasteiger partial charge in [0.1, 0.15) is 5.75 Å². The highest BCUT2D eigenvalue weighted by atomic mass is 19.3. The molecule has 0 bridgehead atoms. The molecule has 0 fully saturated rings. The van der Waals surface area contributed by atoms with Crippen LogP contribution in [0, 0.1) is 6.92 Å². The van der Waals surface area contributed by atoms with Crippen molar-refractivity contribution in [2.24, 2.45) is 0 Å². The van der Waals surface area contributed by atoms with Gasteiger partial charge in [0.2, 0.25) is 0 Å². The molecule has 0 spiro atoms. The Morgan fingerprint density at radius 3 is 2.59 bits per heavy atom. The zero-order chi connectivity index (χ0) is 20.6. The number of anilines is 1. The molecule has 3 aromatic rings. The lowest BCUT2D eigenvalue weighted by atomic mass is 10.1. The van der Waals surface area contributed by atoms with Gasteiger partial charge in [0.15, 0.2) is 0 Å². The van der Waals surface area contributed by atoms with E-state index in [-0.39, 0.29) is 11.8 Å². The smallest absolute Gasteiger partial charge is 0.387 e. The molecular weight excluding hydrogens is 376 g/mol. The number of benzene rings is 2. The Labute approximate surface area is 167 Å². The van der Waals surface area contributed by atoms with Crippen LogP contribution in [0.4, 0.5) is 19.3 Å². The molecule has 3 rings (SSSR count). The molecular formula is C22H21F2N3O2. The number of aryl methyl sites for hydroxylation is 1. The Morgan fingerprint density at radius 1 is 1.07 bits per heavy atom. The molecule has 0 radical (unpaired) electrons. The normalized spacial score (nSPS) is 10.6.